The lowest BCUT2D eigenvalue weighted by Crippen LogP contribution is -2.36. The monoisotopic (exact) mass is 202 g/mol. The summed E-state index contributed by atoms with van der Waals surface area (Å²) in [4.78, 5) is 0. The van der Waals surface area contributed by atoms with Crippen molar-refractivity contribution in [1.82, 2.24) is 0 Å². The van der Waals surface area contributed by atoms with Crippen LogP contribution in [0.1, 0.15) is 53.9 Å². The van der Waals surface area contributed by atoms with Crippen LogP contribution in [0.15, 0.2) is 0 Å². The molecule has 0 rings (SSSR count). The molecule has 0 aromatic rings. The Kier molecular flexibility index (Phi) is 7.20. The van der Waals surface area contributed by atoms with Crippen LogP contribution in [0.3, 0.4) is 0 Å². The molecule has 0 aliphatic heterocycles. The lowest BCUT2D eigenvalue weighted by atomic mass is 9.82. The Morgan fingerprint density at radius 2 is 1.50 bits per heavy atom. The molecule has 0 radical (unpaired) electrons. The molecule has 0 saturated heterocycles. The molecule has 0 heterocycles. The Labute approximate surface area is 89.0 Å². The van der Waals surface area contributed by atoms with Gasteiger partial charge in [0, 0.05) is 18.6 Å². The first-order chi connectivity index (χ1) is 6.64. The van der Waals surface area contributed by atoms with Gasteiger partial charge in [0.15, 0.2) is 6.29 Å². The molecule has 14 heavy (non-hydrogen) atoms. The zero-order chi connectivity index (χ0) is 11.0. The summed E-state index contributed by atoms with van der Waals surface area (Å²) in [5, 5.41) is 0. The molecule has 2 heteroatoms. The molecular weight excluding hydrogens is 176 g/mol. The van der Waals surface area contributed by atoms with E-state index in [0.717, 1.165) is 26.1 Å². The first kappa shape index (κ1) is 13.9. The van der Waals surface area contributed by atoms with Gasteiger partial charge in [0.05, 0.1) is 0 Å². The maximum atomic E-state index is 5.67. The van der Waals surface area contributed by atoms with Gasteiger partial charge in [-0.1, -0.05) is 27.2 Å². The SMILES string of the molecule is CCCC(C)(CC)C(OCC)OCC. The van der Waals surface area contributed by atoms with Crippen LogP contribution in [0, 0.1) is 5.41 Å². The molecule has 86 valence electrons. The van der Waals surface area contributed by atoms with Gasteiger partial charge in [0.1, 0.15) is 0 Å². The highest BCUT2D eigenvalue weighted by Gasteiger charge is 2.32. The zero-order valence-corrected chi connectivity index (χ0v) is 10.4. The fourth-order valence-corrected chi connectivity index (χ4v) is 1.79. The maximum Gasteiger partial charge on any atom is 0.162 e. The molecule has 0 aromatic carbocycles. The first-order valence-electron chi connectivity index (χ1n) is 5.87. The van der Waals surface area contributed by atoms with Gasteiger partial charge in [0.2, 0.25) is 0 Å². The normalized spacial score (nSPS) is 15.9. The average molecular weight is 202 g/mol. The Bertz CT molecular complexity index is 130. The molecule has 2 nitrogen and oxygen atoms in total. The van der Waals surface area contributed by atoms with Crippen LogP contribution in [0.25, 0.3) is 0 Å². The van der Waals surface area contributed by atoms with Gasteiger partial charge in [0.25, 0.3) is 0 Å². The smallest absolute Gasteiger partial charge is 0.162 e. The van der Waals surface area contributed by atoms with Gasteiger partial charge in [-0.3, -0.25) is 0 Å². The van der Waals surface area contributed by atoms with Crippen molar-refractivity contribution in [1.29, 1.82) is 0 Å². The quantitative estimate of drug-likeness (QED) is 0.560. The Hall–Kier alpha value is -0.0800. The summed E-state index contributed by atoms with van der Waals surface area (Å²) in [7, 11) is 0. The van der Waals surface area contributed by atoms with Gasteiger partial charge in [-0.2, -0.15) is 0 Å². The highest BCUT2D eigenvalue weighted by molar-refractivity contribution is 4.76. The van der Waals surface area contributed by atoms with E-state index >= 15 is 0 Å². The standard InChI is InChI=1S/C12H26O2/c1-6-10-12(5,7-2)11(13-8-3)14-9-4/h11H,6-10H2,1-5H3. The van der Waals surface area contributed by atoms with Crippen LogP contribution in [0.4, 0.5) is 0 Å². The van der Waals surface area contributed by atoms with Crippen molar-refractivity contribution in [3.63, 3.8) is 0 Å². The topological polar surface area (TPSA) is 18.5 Å². The Morgan fingerprint density at radius 3 is 1.79 bits per heavy atom. The molecule has 0 amide bonds. The second kappa shape index (κ2) is 7.24. The van der Waals surface area contributed by atoms with Crippen LogP contribution in [-0.4, -0.2) is 19.5 Å². The van der Waals surface area contributed by atoms with Crippen LogP contribution in [0.5, 0.6) is 0 Å². The summed E-state index contributed by atoms with van der Waals surface area (Å²) in [6.07, 6.45) is 3.41. The Balaban J connectivity index is 4.37. The third-order valence-corrected chi connectivity index (χ3v) is 2.83. The molecular formula is C12H26O2. The summed E-state index contributed by atoms with van der Waals surface area (Å²) in [5.74, 6) is 0. The minimum absolute atomic E-state index is 0.0394. The fraction of sp³-hybridized carbons (Fsp3) is 1.00. The van der Waals surface area contributed by atoms with Gasteiger partial charge in [-0.15, -0.1) is 0 Å². The molecule has 0 saturated carbocycles. The lowest BCUT2D eigenvalue weighted by Gasteiger charge is -2.36. The molecule has 0 aliphatic carbocycles. The van der Waals surface area contributed by atoms with Crippen LogP contribution in [0.2, 0.25) is 0 Å². The van der Waals surface area contributed by atoms with Crippen molar-refractivity contribution in [3.8, 4) is 0 Å². The van der Waals surface area contributed by atoms with Crippen LogP contribution < -0.4 is 0 Å². The third kappa shape index (κ3) is 3.97. The third-order valence-electron chi connectivity index (χ3n) is 2.83. The van der Waals surface area contributed by atoms with E-state index in [9.17, 15) is 0 Å². The number of hydrogen-bond donors (Lipinski definition) is 0. The summed E-state index contributed by atoms with van der Waals surface area (Å²) < 4.78 is 11.3. The molecule has 0 spiro atoms. The van der Waals surface area contributed by atoms with E-state index in [1.165, 1.54) is 6.42 Å². The van der Waals surface area contributed by atoms with Crippen LogP contribution >= 0.6 is 0 Å². The van der Waals surface area contributed by atoms with E-state index in [4.69, 9.17) is 9.47 Å². The van der Waals surface area contributed by atoms with Crippen molar-refractivity contribution in [2.75, 3.05) is 13.2 Å². The van der Waals surface area contributed by atoms with E-state index in [1.807, 2.05) is 13.8 Å². The molecule has 0 aromatic heterocycles. The Morgan fingerprint density at radius 1 is 1.00 bits per heavy atom. The van der Waals surface area contributed by atoms with Crippen molar-refractivity contribution in [2.45, 2.75) is 60.2 Å². The van der Waals surface area contributed by atoms with Gasteiger partial charge in [-0.05, 0) is 26.7 Å². The molecule has 0 aliphatic rings. The van der Waals surface area contributed by atoms with Gasteiger partial charge >= 0.3 is 0 Å². The van der Waals surface area contributed by atoms with Crippen molar-refractivity contribution in [2.24, 2.45) is 5.41 Å². The minimum Gasteiger partial charge on any atom is -0.352 e. The number of hydrogen-bond acceptors (Lipinski definition) is 2. The van der Waals surface area contributed by atoms with Crippen molar-refractivity contribution in [3.05, 3.63) is 0 Å². The van der Waals surface area contributed by atoms with E-state index in [-0.39, 0.29) is 11.7 Å². The number of rotatable bonds is 8. The molecule has 0 bridgehead atoms. The van der Waals surface area contributed by atoms with E-state index in [0.29, 0.717) is 0 Å². The highest BCUT2D eigenvalue weighted by Crippen LogP contribution is 2.34. The summed E-state index contributed by atoms with van der Waals surface area (Å²) in [6, 6.07) is 0. The average Bonchev–Trinajstić information content (AvgIpc) is 2.18. The molecule has 1 atom stereocenters. The molecule has 0 N–H and O–H groups in total. The summed E-state index contributed by atoms with van der Waals surface area (Å²) >= 11 is 0. The van der Waals surface area contributed by atoms with Gasteiger partial charge in [-0.25, -0.2) is 0 Å². The summed E-state index contributed by atoms with van der Waals surface area (Å²) in [5.41, 5.74) is 0.167. The minimum atomic E-state index is -0.0394. The number of ether oxygens (including phenoxy) is 2. The highest BCUT2D eigenvalue weighted by atomic mass is 16.7. The van der Waals surface area contributed by atoms with E-state index in [1.54, 1.807) is 0 Å². The molecule has 1 unspecified atom stereocenters. The first-order valence-corrected chi connectivity index (χ1v) is 5.87. The second-order valence-corrected chi connectivity index (χ2v) is 4.00. The predicted octanol–water partition coefficient (Wildman–Crippen LogP) is 3.60. The largest absolute Gasteiger partial charge is 0.352 e. The molecule has 0 fully saturated rings. The van der Waals surface area contributed by atoms with Crippen molar-refractivity contribution >= 4 is 0 Å². The van der Waals surface area contributed by atoms with E-state index in [2.05, 4.69) is 20.8 Å². The predicted molar refractivity (Wildman–Crippen MR) is 60.3 cm³/mol. The zero-order valence-electron chi connectivity index (χ0n) is 10.4. The summed E-state index contributed by atoms with van der Waals surface area (Å²) in [6.45, 7) is 12.2. The second-order valence-electron chi connectivity index (χ2n) is 4.00. The van der Waals surface area contributed by atoms with Gasteiger partial charge < -0.3 is 9.47 Å². The van der Waals surface area contributed by atoms with Crippen molar-refractivity contribution < 1.29 is 9.47 Å². The maximum absolute atomic E-state index is 5.67. The van der Waals surface area contributed by atoms with Crippen LogP contribution in [-0.2, 0) is 9.47 Å². The fourth-order valence-electron chi connectivity index (χ4n) is 1.79. The lowest BCUT2D eigenvalue weighted by molar-refractivity contribution is -0.202. The van der Waals surface area contributed by atoms with E-state index < -0.39 is 0 Å².